The van der Waals surface area contributed by atoms with Gasteiger partial charge < -0.3 is 9.64 Å². The highest BCUT2D eigenvalue weighted by Gasteiger charge is 2.24. The molecule has 0 bridgehead atoms. The van der Waals surface area contributed by atoms with Crippen LogP contribution in [0.2, 0.25) is 0 Å². The van der Waals surface area contributed by atoms with E-state index in [1.165, 1.54) is 0 Å². The molecule has 0 N–H and O–H groups in total. The first kappa shape index (κ1) is 15.6. The van der Waals surface area contributed by atoms with Gasteiger partial charge in [-0.15, -0.1) is 0 Å². The highest BCUT2D eigenvalue weighted by atomic mass is 16.5. The Hall–Kier alpha value is -2.27. The quantitative estimate of drug-likeness (QED) is 0.812. The van der Waals surface area contributed by atoms with Crippen molar-refractivity contribution in [2.75, 3.05) is 18.1 Å². The Morgan fingerprint density at radius 3 is 2.57 bits per heavy atom. The van der Waals surface area contributed by atoms with Gasteiger partial charge in [0, 0.05) is 35.6 Å². The Balaban J connectivity index is 1.91. The number of benzene rings is 1. The molecule has 0 aliphatic carbocycles. The average molecular weight is 311 g/mol. The molecule has 0 spiro atoms. The van der Waals surface area contributed by atoms with Gasteiger partial charge in [0.05, 0.1) is 18.8 Å². The maximum Gasteiger partial charge on any atom is 0.261 e. The van der Waals surface area contributed by atoms with Gasteiger partial charge in [0.15, 0.2) is 0 Å². The summed E-state index contributed by atoms with van der Waals surface area (Å²) in [5.41, 5.74) is 2.28. The van der Waals surface area contributed by atoms with Crippen LogP contribution < -0.4 is 4.90 Å². The van der Waals surface area contributed by atoms with E-state index < -0.39 is 0 Å². The van der Waals surface area contributed by atoms with E-state index >= 15 is 0 Å². The molecule has 0 radical (unpaired) electrons. The molecule has 1 aliphatic heterocycles. The van der Waals surface area contributed by atoms with Gasteiger partial charge in [-0.2, -0.15) is 0 Å². The molecule has 2 aromatic rings. The van der Waals surface area contributed by atoms with Crippen molar-refractivity contribution >= 4 is 11.6 Å². The van der Waals surface area contributed by atoms with Crippen LogP contribution in [-0.2, 0) is 16.8 Å². The smallest absolute Gasteiger partial charge is 0.261 e. The zero-order valence-electron chi connectivity index (χ0n) is 13.7. The molecule has 0 unspecified atom stereocenters. The number of rotatable bonds is 1. The van der Waals surface area contributed by atoms with Crippen LogP contribution in [-0.4, -0.2) is 29.0 Å². The molecule has 0 saturated carbocycles. The van der Waals surface area contributed by atoms with Crippen molar-refractivity contribution in [3.8, 4) is 0 Å². The van der Waals surface area contributed by atoms with Crippen LogP contribution >= 0.6 is 0 Å². The number of carbonyl (C=O) groups excluding carboxylic acids is 1. The summed E-state index contributed by atoms with van der Waals surface area (Å²) in [6.07, 6.45) is 3.23. The monoisotopic (exact) mass is 311 g/mol. The summed E-state index contributed by atoms with van der Waals surface area (Å²) in [7, 11) is 0. The predicted octanol–water partition coefficient (Wildman–Crippen LogP) is 2.95. The third-order valence-corrected chi connectivity index (χ3v) is 3.81. The fraction of sp³-hybridized carbons (Fsp3) is 0.389. The number of carbonyl (C=O) groups is 1. The highest BCUT2D eigenvalue weighted by Crippen LogP contribution is 2.25. The first-order chi connectivity index (χ1) is 11.0. The first-order valence-electron chi connectivity index (χ1n) is 7.77. The molecule has 2 heterocycles. The number of ether oxygens (including phenoxy) is 1. The zero-order chi connectivity index (χ0) is 16.4. The molecule has 5 heteroatoms. The summed E-state index contributed by atoms with van der Waals surface area (Å²) in [6.45, 7) is 7.71. The number of para-hydroxylation sites is 1. The van der Waals surface area contributed by atoms with Crippen LogP contribution in [0, 0.1) is 0 Å². The van der Waals surface area contributed by atoms with Crippen molar-refractivity contribution in [2.45, 2.75) is 32.8 Å². The maximum absolute atomic E-state index is 12.9. The second-order valence-corrected chi connectivity index (χ2v) is 6.68. The Morgan fingerprint density at radius 1 is 1.17 bits per heavy atom. The van der Waals surface area contributed by atoms with E-state index in [0.717, 1.165) is 17.1 Å². The molecule has 23 heavy (non-hydrogen) atoms. The minimum atomic E-state index is -0.134. The number of nitrogens with zero attached hydrogens (tertiary/aromatic N) is 3. The number of anilines is 1. The lowest BCUT2D eigenvalue weighted by Gasteiger charge is -2.22. The summed E-state index contributed by atoms with van der Waals surface area (Å²) in [6, 6.07) is 7.83. The standard InChI is InChI=1S/C18H21N3O2/c1-18(2,3)17-19-10-14(11-20-17)16(22)21-8-9-23-12-13-6-4-5-7-15(13)21/h4-7,10-11H,8-9,12H2,1-3H3. The molecule has 1 aliphatic rings. The predicted molar refractivity (Wildman–Crippen MR) is 88.5 cm³/mol. The number of fused-ring (bicyclic) bond motifs is 1. The zero-order valence-corrected chi connectivity index (χ0v) is 13.7. The molecule has 0 saturated heterocycles. The summed E-state index contributed by atoms with van der Waals surface area (Å²) >= 11 is 0. The van der Waals surface area contributed by atoms with Crippen molar-refractivity contribution in [3.63, 3.8) is 0 Å². The molecule has 5 nitrogen and oxygen atoms in total. The van der Waals surface area contributed by atoms with Gasteiger partial charge >= 0.3 is 0 Å². The van der Waals surface area contributed by atoms with Crippen LogP contribution in [0.3, 0.4) is 0 Å². The normalized spacial score (nSPS) is 15.0. The minimum absolute atomic E-state index is 0.0941. The van der Waals surface area contributed by atoms with Gasteiger partial charge in [0.1, 0.15) is 5.82 Å². The van der Waals surface area contributed by atoms with Gasteiger partial charge in [0.2, 0.25) is 0 Å². The third-order valence-electron chi connectivity index (χ3n) is 3.81. The number of aromatic nitrogens is 2. The molecule has 0 fully saturated rings. The molecule has 0 atom stereocenters. The molecular weight excluding hydrogens is 290 g/mol. The molecular formula is C18H21N3O2. The Kier molecular flexibility index (Phi) is 4.13. The van der Waals surface area contributed by atoms with Crippen molar-refractivity contribution in [3.05, 3.63) is 53.6 Å². The van der Waals surface area contributed by atoms with Crippen LogP contribution in [0.25, 0.3) is 0 Å². The second kappa shape index (κ2) is 6.08. The SMILES string of the molecule is CC(C)(C)c1ncc(C(=O)N2CCOCc3ccccc32)cn1. The number of hydrogen-bond acceptors (Lipinski definition) is 4. The summed E-state index contributed by atoms with van der Waals surface area (Å²) < 4.78 is 5.58. The lowest BCUT2D eigenvalue weighted by Crippen LogP contribution is -2.33. The van der Waals surface area contributed by atoms with E-state index in [2.05, 4.69) is 9.97 Å². The van der Waals surface area contributed by atoms with E-state index in [0.29, 0.717) is 25.3 Å². The molecule has 1 aromatic carbocycles. The summed E-state index contributed by atoms with van der Waals surface area (Å²) in [5.74, 6) is 0.636. The second-order valence-electron chi connectivity index (χ2n) is 6.68. The van der Waals surface area contributed by atoms with Crippen LogP contribution in [0.4, 0.5) is 5.69 Å². The van der Waals surface area contributed by atoms with Crippen LogP contribution in [0.1, 0.15) is 42.5 Å². The van der Waals surface area contributed by atoms with Crippen molar-refractivity contribution in [2.24, 2.45) is 0 Å². The Bertz CT molecular complexity index is 705. The molecule has 120 valence electrons. The number of amides is 1. The first-order valence-corrected chi connectivity index (χ1v) is 7.77. The lowest BCUT2D eigenvalue weighted by atomic mass is 9.96. The highest BCUT2D eigenvalue weighted by molar-refractivity contribution is 6.06. The molecule has 1 aromatic heterocycles. The molecule has 3 rings (SSSR count). The number of hydrogen-bond donors (Lipinski definition) is 0. The maximum atomic E-state index is 12.9. The van der Waals surface area contributed by atoms with Gasteiger partial charge in [0.25, 0.3) is 5.91 Å². The topological polar surface area (TPSA) is 55.3 Å². The fourth-order valence-electron chi connectivity index (χ4n) is 2.55. The summed E-state index contributed by atoms with van der Waals surface area (Å²) in [5, 5.41) is 0. The van der Waals surface area contributed by atoms with Gasteiger partial charge in [-0.1, -0.05) is 39.0 Å². The largest absolute Gasteiger partial charge is 0.375 e. The Labute approximate surface area is 136 Å². The minimum Gasteiger partial charge on any atom is -0.375 e. The van der Waals surface area contributed by atoms with Gasteiger partial charge in [-0.25, -0.2) is 9.97 Å². The van der Waals surface area contributed by atoms with E-state index in [-0.39, 0.29) is 11.3 Å². The Morgan fingerprint density at radius 2 is 1.87 bits per heavy atom. The summed E-state index contributed by atoms with van der Waals surface area (Å²) in [4.78, 5) is 23.3. The average Bonchev–Trinajstić information content (AvgIpc) is 2.76. The van der Waals surface area contributed by atoms with Crippen molar-refractivity contribution < 1.29 is 9.53 Å². The molecule has 1 amide bonds. The van der Waals surface area contributed by atoms with Gasteiger partial charge in [-0.05, 0) is 6.07 Å². The van der Waals surface area contributed by atoms with Crippen LogP contribution in [0.5, 0.6) is 0 Å². The van der Waals surface area contributed by atoms with Gasteiger partial charge in [-0.3, -0.25) is 4.79 Å². The third kappa shape index (κ3) is 3.24. The van der Waals surface area contributed by atoms with E-state index in [9.17, 15) is 4.79 Å². The van der Waals surface area contributed by atoms with E-state index in [4.69, 9.17) is 4.74 Å². The van der Waals surface area contributed by atoms with Crippen molar-refractivity contribution in [1.82, 2.24) is 9.97 Å². The van der Waals surface area contributed by atoms with Crippen molar-refractivity contribution in [1.29, 1.82) is 0 Å². The van der Waals surface area contributed by atoms with Crippen LogP contribution in [0.15, 0.2) is 36.7 Å². The fourth-order valence-corrected chi connectivity index (χ4v) is 2.55. The lowest BCUT2D eigenvalue weighted by molar-refractivity contribution is 0.0965. The van der Waals surface area contributed by atoms with E-state index in [1.54, 1.807) is 17.3 Å². The van der Waals surface area contributed by atoms with E-state index in [1.807, 2.05) is 45.0 Å².